The molecule has 0 spiro atoms. The van der Waals surface area contributed by atoms with Gasteiger partial charge in [-0.05, 0) is 13.3 Å². The van der Waals surface area contributed by atoms with Crippen molar-refractivity contribution in [1.29, 1.82) is 0 Å². The molecule has 2 rings (SSSR count). The highest BCUT2D eigenvalue weighted by molar-refractivity contribution is 5.82. The van der Waals surface area contributed by atoms with E-state index in [-0.39, 0.29) is 5.91 Å². The topological polar surface area (TPSA) is 98.1 Å². The lowest BCUT2D eigenvalue weighted by Crippen LogP contribution is -2.37. The molecule has 1 amide bonds. The van der Waals surface area contributed by atoms with Crippen molar-refractivity contribution in [3.8, 4) is 0 Å². The largest absolute Gasteiger partial charge is 0.381 e. The number of nitrogens with two attached hydrogens (primary N) is 2. The van der Waals surface area contributed by atoms with E-state index >= 15 is 0 Å². The summed E-state index contributed by atoms with van der Waals surface area (Å²) in [6.45, 7) is 3.13. The molecule has 1 atom stereocenters. The van der Waals surface area contributed by atoms with E-state index in [0.29, 0.717) is 18.2 Å². The van der Waals surface area contributed by atoms with Crippen molar-refractivity contribution in [3.63, 3.8) is 0 Å². The third kappa shape index (κ3) is 1.66. The van der Waals surface area contributed by atoms with Gasteiger partial charge in [0, 0.05) is 25.5 Å². The molecule has 16 heavy (non-hydrogen) atoms. The molecule has 6 nitrogen and oxygen atoms in total. The fourth-order valence-electron chi connectivity index (χ4n) is 1.93. The van der Waals surface area contributed by atoms with Crippen molar-refractivity contribution in [3.05, 3.63) is 12.4 Å². The highest BCUT2D eigenvalue weighted by atomic mass is 16.1. The lowest BCUT2D eigenvalue weighted by Gasteiger charge is -2.22. The Hall–Kier alpha value is -1.85. The average Bonchev–Trinajstić information content (AvgIpc) is 2.63. The minimum Gasteiger partial charge on any atom is -0.381 e. The lowest BCUT2D eigenvalue weighted by molar-refractivity contribution is -0.125. The summed E-state index contributed by atoms with van der Waals surface area (Å²) in [6, 6.07) is 0. The van der Waals surface area contributed by atoms with Gasteiger partial charge in [0.1, 0.15) is 0 Å². The number of hydrogen-bond donors (Lipinski definition) is 2. The molecular formula is C10H15N5O. The second-order valence-corrected chi connectivity index (χ2v) is 4.36. The molecule has 6 heteroatoms. The Bertz CT molecular complexity index is 421. The monoisotopic (exact) mass is 221 g/mol. The Morgan fingerprint density at radius 1 is 1.50 bits per heavy atom. The number of amides is 1. The van der Waals surface area contributed by atoms with E-state index in [1.807, 2.05) is 11.8 Å². The zero-order chi connectivity index (χ0) is 11.8. The van der Waals surface area contributed by atoms with Crippen LogP contribution in [0.2, 0.25) is 0 Å². The summed E-state index contributed by atoms with van der Waals surface area (Å²) in [5.74, 6) is 0.737. The molecule has 1 saturated heterocycles. The number of anilines is 2. The number of primary amides is 1. The fourth-order valence-corrected chi connectivity index (χ4v) is 1.93. The normalized spacial score (nSPS) is 24.7. The molecule has 1 aliphatic rings. The van der Waals surface area contributed by atoms with Crippen LogP contribution in [0.5, 0.6) is 0 Å². The van der Waals surface area contributed by atoms with Crippen LogP contribution >= 0.6 is 0 Å². The lowest BCUT2D eigenvalue weighted by atomic mass is 9.89. The Kier molecular flexibility index (Phi) is 2.41. The first-order valence-corrected chi connectivity index (χ1v) is 5.14. The number of aromatic nitrogens is 2. The summed E-state index contributed by atoms with van der Waals surface area (Å²) >= 11 is 0. The smallest absolute Gasteiger partial charge is 0.225 e. The summed E-state index contributed by atoms with van der Waals surface area (Å²) in [4.78, 5) is 21.4. The molecule has 0 bridgehead atoms. The molecule has 0 aromatic carbocycles. The predicted octanol–water partition coefficient (Wildman–Crippen LogP) is -0.240. The summed E-state index contributed by atoms with van der Waals surface area (Å²) in [7, 11) is 0. The van der Waals surface area contributed by atoms with Gasteiger partial charge in [-0.15, -0.1) is 0 Å². The molecule has 1 aliphatic heterocycles. The van der Waals surface area contributed by atoms with E-state index in [1.165, 1.54) is 0 Å². The molecule has 1 aromatic rings. The first kappa shape index (κ1) is 10.7. The number of rotatable bonds is 2. The van der Waals surface area contributed by atoms with Gasteiger partial charge in [0.05, 0.1) is 5.41 Å². The van der Waals surface area contributed by atoms with Crippen molar-refractivity contribution in [2.24, 2.45) is 11.1 Å². The second kappa shape index (κ2) is 3.62. The third-order valence-corrected chi connectivity index (χ3v) is 3.07. The maximum Gasteiger partial charge on any atom is 0.225 e. The van der Waals surface area contributed by atoms with Gasteiger partial charge in [-0.1, -0.05) is 0 Å². The molecule has 1 unspecified atom stereocenters. The summed E-state index contributed by atoms with van der Waals surface area (Å²) in [5, 5.41) is 0. The van der Waals surface area contributed by atoms with Crippen LogP contribution in [0.15, 0.2) is 12.4 Å². The van der Waals surface area contributed by atoms with Gasteiger partial charge in [0.2, 0.25) is 5.91 Å². The Balaban J connectivity index is 2.22. The predicted molar refractivity (Wildman–Crippen MR) is 60.6 cm³/mol. The van der Waals surface area contributed by atoms with Crippen molar-refractivity contribution < 1.29 is 4.79 Å². The van der Waals surface area contributed by atoms with Crippen LogP contribution in [0.4, 0.5) is 11.6 Å². The van der Waals surface area contributed by atoms with Crippen molar-refractivity contribution >= 4 is 17.5 Å². The zero-order valence-corrected chi connectivity index (χ0v) is 9.18. The molecule has 1 aromatic heterocycles. The van der Waals surface area contributed by atoms with E-state index < -0.39 is 5.41 Å². The number of carbonyl (C=O) groups excluding carboxylic acids is 1. The molecule has 1 fully saturated rings. The van der Waals surface area contributed by atoms with Gasteiger partial charge in [0.25, 0.3) is 0 Å². The Morgan fingerprint density at radius 2 is 2.19 bits per heavy atom. The summed E-state index contributed by atoms with van der Waals surface area (Å²) < 4.78 is 0. The van der Waals surface area contributed by atoms with Crippen LogP contribution in [-0.2, 0) is 4.79 Å². The standard InChI is InChI=1S/C10H15N5O/c1-10(9(12)16)2-5-15(6-10)8-7(11)13-3-4-14-8/h3-4H,2,5-6H2,1H3,(H2,11,13)(H2,12,16). The van der Waals surface area contributed by atoms with Crippen LogP contribution in [-0.4, -0.2) is 29.0 Å². The maximum atomic E-state index is 11.3. The second-order valence-electron chi connectivity index (χ2n) is 4.36. The Labute approximate surface area is 93.7 Å². The number of hydrogen-bond acceptors (Lipinski definition) is 5. The number of nitrogens with zero attached hydrogens (tertiary/aromatic N) is 3. The van der Waals surface area contributed by atoms with Crippen molar-refractivity contribution in [2.45, 2.75) is 13.3 Å². The highest BCUT2D eigenvalue weighted by Crippen LogP contribution is 2.33. The highest BCUT2D eigenvalue weighted by Gasteiger charge is 2.39. The van der Waals surface area contributed by atoms with Crippen LogP contribution in [0, 0.1) is 5.41 Å². The minimum absolute atomic E-state index is 0.280. The first-order valence-electron chi connectivity index (χ1n) is 5.14. The number of nitrogen functional groups attached to an aromatic ring is 1. The van der Waals surface area contributed by atoms with Gasteiger partial charge < -0.3 is 16.4 Å². The molecule has 0 saturated carbocycles. The van der Waals surface area contributed by atoms with Crippen LogP contribution < -0.4 is 16.4 Å². The van der Waals surface area contributed by atoms with E-state index in [2.05, 4.69) is 9.97 Å². The van der Waals surface area contributed by atoms with Crippen LogP contribution in [0.1, 0.15) is 13.3 Å². The molecule has 4 N–H and O–H groups in total. The quantitative estimate of drug-likeness (QED) is 0.718. The van der Waals surface area contributed by atoms with Crippen molar-refractivity contribution in [2.75, 3.05) is 23.7 Å². The Morgan fingerprint density at radius 3 is 2.75 bits per heavy atom. The average molecular weight is 221 g/mol. The SMILES string of the molecule is CC1(C(N)=O)CCN(c2nccnc2N)C1. The van der Waals surface area contributed by atoms with Gasteiger partial charge in [-0.3, -0.25) is 4.79 Å². The molecule has 86 valence electrons. The zero-order valence-electron chi connectivity index (χ0n) is 9.18. The minimum atomic E-state index is -0.496. The molecule has 2 heterocycles. The van der Waals surface area contributed by atoms with E-state index in [1.54, 1.807) is 12.4 Å². The molecule has 0 aliphatic carbocycles. The van der Waals surface area contributed by atoms with Gasteiger partial charge in [-0.2, -0.15) is 0 Å². The van der Waals surface area contributed by atoms with E-state index in [4.69, 9.17) is 11.5 Å². The van der Waals surface area contributed by atoms with E-state index in [9.17, 15) is 4.79 Å². The van der Waals surface area contributed by atoms with Gasteiger partial charge in [-0.25, -0.2) is 9.97 Å². The van der Waals surface area contributed by atoms with Gasteiger partial charge >= 0.3 is 0 Å². The molecular weight excluding hydrogens is 206 g/mol. The summed E-state index contributed by atoms with van der Waals surface area (Å²) in [6.07, 6.45) is 3.85. The van der Waals surface area contributed by atoms with Crippen molar-refractivity contribution in [1.82, 2.24) is 9.97 Å². The van der Waals surface area contributed by atoms with Gasteiger partial charge in [0.15, 0.2) is 11.6 Å². The third-order valence-electron chi connectivity index (χ3n) is 3.07. The van der Waals surface area contributed by atoms with Crippen LogP contribution in [0.25, 0.3) is 0 Å². The first-order chi connectivity index (χ1) is 7.53. The maximum absolute atomic E-state index is 11.3. The fraction of sp³-hybridized carbons (Fsp3) is 0.500. The van der Waals surface area contributed by atoms with E-state index in [0.717, 1.165) is 13.0 Å². The number of carbonyl (C=O) groups is 1. The van der Waals surface area contributed by atoms with Crippen LogP contribution in [0.3, 0.4) is 0 Å². The summed E-state index contributed by atoms with van der Waals surface area (Å²) in [5.41, 5.74) is 10.6. The molecule has 0 radical (unpaired) electrons.